The Morgan fingerprint density at radius 3 is 2.20 bits per heavy atom. The van der Waals surface area contributed by atoms with Gasteiger partial charge in [-0.05, 0) is 50.2 Å². The molecule has 0 bridgehead atoms. The fourth-order valence-electron chi connectivity index (χ4n) is 2.52. The van der Waals surface area contributed by atoms with Crippen molar-refractivity contribution < 1.29 is 4.79 Å². The van der Waals surface area contributed by atoms with Crippen molar-refractivity contribution in [2.45, 2.75) is 33.4 Å². The van der Waals surface area contributed by atoms with Crippen molar-refractivity contribution in [1.29, 1.82) is 0 Å². The molecular weight excluding hydrogens is 357 g/mol. The largest absolute Gasteiger partial charge is 0.396 e. The standard InChI is InChI=1S/C19H23Cl2N3O/c1-4-24(12(2)3)11-13-5-7-14(8-6-13)19(25)23-15-9-16(20)18(22)17(21)10-15/h5-10,12H,4,11,22H2,1-3H3,(H,23,25). The van der Waals surface area contributed by atoms with Crippen molar-refractivity contribution in [2.24, 2.45) is 0 Å². The van der Waals surface area contributed by atoms with E-state index in [1.165, 1.54) is 5.56 Å². The quantitative estimate of drug-likeness (QED) is 0.689. The number of anilines is 2. The third-order valence-corrected chi connectivity index (χ3v) is 4.70. The Morgan fingerprint density at radius 2 is 1.72 bits per heavy atom. The highest BCUT2D eigenvalue weighted by molar-refractivity contribution is 6.39. The van der Waals surface area contributed by atoms with E-state index < -0.39 is 0 Å². The monoisotopic (exact) mass is 379 g/mol. The first-order chi connectivity index (χ1) is 11.8. The van der Waals surface area contributed by atoms with Gasteiger partial charge in [-0.1, -0.05) is 42.3 Å². The molecule has 0 spiro atoms. The molecule has 3 N–H and O–H groups in total. The van der Waals surface area contributed by atoms with Gasteiger partial charge in [-0.15, -0.1) is 0 Å². The van der Waals surface area contributed by atoms with Crippen molar-refractivity contribution in [2.75, 3.05) is 17.6 Å². The number of hydrogen-bond donors (Lipinski definition) is 2. The molecule has 0 fully saturated rings. The highest BCUT2D eigenvalue weighted by Crippen LogP contribution is 2.31. The summed E-state index contributed by atoms with van der Waals surface area (Å²) in [5.74, 6) is -0.223. The molecule has 25 heavy (non-hydrogen) atoms. The Bertz CT molecular complexity index is 722. The van der Waals surface area contributed by atoms with Crippen LogP contribution in [-0.2, 0) is 6.54 Å². The van der Waals surface area contributed by atoms with Crippen LogP contribution in [0.3, 0.4) is 0 Å². The first-order valence-corrected chi connectivity index (χ1v) is 8.96. The molecule has 2 aromatic carbocycles. The van der Waals surface area contributed by atoms with Crippen LogP contribution in [0.4, 0.5) is 11.4 Å². The molecule has 0 aliphatic carbocycles. The second-order valence-electron chi connectivity index (χ2n) is 6.16. The summed E-state index contributed by atoms with van der Waals surface area (Å²) in [5.41, 5.74) is 8.25. The Labute approximate surface area is 158 Å². The minimum Gasteiger partial charge on any atom is -0.396 e. The van der Waals surface area contributed by atoms with Gasteiger partial charge in [0.2, 0.25) is 0 Å². The number of carbonyl (C=O) groups excluding carboxylic acids is 1. The van der Waals surface area contributed by atoms with Gasteiger partial charge in [0.25, 0.3) is 5.91 Å². The van der Waals surface area contributed by atoms with Crippen LogP contribution in [0.25, 0.3) is 0 Å². The van der Waals surface area contributed by atoms with E-state index in [4.69, 9.17) is 28.9 Å². The number of hydrogen-bond acceptors (Lipinski definition) is 3. The van der Waals surface area contributed by atoms with Crippen LogP contribution in [0.2, 0.25) is 10.0 Å². The van der Waals surface area contributed by atoms with Gasteiger partial charge in [0.1, 0.15) is 0 Å². The number of nitrogens with two attached hydrogens (primary N) is 1. The molecule has 6 heteroatoms. The SMILES string of the molecule is CCN(Cc1ccc(C(=O)Nc2cc(Cl)c(N)c(Cl)c2)cc1)C(C)C. The molecule has 0 aliphatic rings. The number of rotatable bonds is 6. The number of carbonyl (C=O) groups is 1. The molecular formula is C19H23Cl2N3O. The van der Waals surface area contributed by atoms with E-state index in [0.29, 0.717) is 33.0 Å². The molecule has 1 amide bonds. The van der Waals surface area contributed by atoms with Gasteiger partial charge >= 0.3 is 0 Å². The van der Waals surface area contributed by atoms with Crippen molar-refractivity contribution >= 4 is 40.5 Å². The summed E-state index contributed by atoms with van der Waals surface area (Å²) in [4.78, 5) is 14.7. The molecule has 0 aliphatic heterocycles. The average molecular weight is 380 g/mol. The van der Waals surface area contributed by atoms with E-state index in [1.54, 1.807) is 12.1 Å². The smallest absolute Gasteiger partial charge is 0.255 e. The van der Waals surface area contributed by atoms with Crippen LogP contribution in [0.15, 0.2) is 36.4 Å². The molecule has 0 atom stereocenters. The first-order valence-electron chi connectivity index (χ1n) is 8.20. The number of benzene rings is 2. The number of amides is 1. The van der Waals surface area contributed by atoms with Gasteiger partial charge in [-0.3, -0.25) is 9.69 Å². The number of nitrogens with one attached hydrogen (secondary N) is 1. The molecule has 0 heterocycles. The molecule has 134 valence electrons. The second-order valence-corrected chi connectivity index (χ2v) is 6.98. The van der Waals surface area contributed by atoms with Gasteiger partial charge in [-0.2, -0.15) is 0 Å². The first kappa shape index (κ1) is 19.6. The van der Waals surface area contributed by atoms with E-state index in [2.05, 4.69) is 31.0 Å². The fourth-order valence-corrected chi connectivity index (χ4v) is 3.00. The van der Waals surface area contributed by atoms with E-state index in [1.807, 2.05) is 24.3 Å². The molecule has 0 aromatic heterocycles. The summed E-state index contributed by atoms with van der Waals surface area (Å²) in [6, 6.07) is 11.2. The molecule has 0 unspecified atom stereocenters. The Morgan fingerprint density at radius 1 is 1.16 bits per heavy atom. The highest BCUT2D eigenvalue weighted by atomic mass is 35.5. The van der Waals surface area contributed by atoms with Crippen LogP contribution >= 0.6 is 23.2 Å². The minimum atomic E-state index is -0.223. The molecule has 2 rings (SSSR count). The minimum absolute atomic E-state index is 0.223. The summed E-state index contributed by atoms with van der Waals surface area (Å²) < 4.78 is 0. The van der Waals surface area contributed by atoms with Gasteiger partial charge in [-0.25, -0.2) is 0 Å². The van der Waals surface area contributed by atoms with Crippen LogP contribution in [0.5, 0.6) is 0 Å². The number of nitrogens with zero attached hydrogens (tertiary/aromatic N) is 1. The summed E-state index contributed by atoms with van der Waals surface area (Å²) >= 11 is 12.0. The number of nitrogen functional groups attached to an aromatic ring is 1. The molecule has 0 radical (unpaired) electrons. The molecule has 0 saturated carbocycles. The Balaban J connectivity index is 2.08. The van der Waals surface area contributed by atoms with Gasteiger partial charge in [0.05, 0.1) is 15.7 Å². The third kappa shape index (κ3) is 5.11. The summed E-state index contributed by atoms with van der Waals surface area (Å²) in [6.07, 6.45) is 0. The van der Waals surface area contributed by atoms with Crippen LogP contribution in [0, 0.1) is 0 Å². The summed E-state index contributed by atoms with van der Waals surface area (Å²) in [7, 11) is 0. The lowest BCUT2D eigenvalue weighted by Crippen LogP contribution is -2.29. The van der Waals surface area contributed by atoms with E-state index in [-0.39, 0.29) is 5.91 Å². The topological polar surface area (TPSA) is 58.4 Å². The Kier molecular flexibility index (Phi) is 6.71. The lowest BCUT2D eigenvalue weighted by atomic mass is 10.1. The van der Waals surface area contributed by atoms with Gasteiger partial charge in [0.15, 0.2) is 0 Å². The molecule has 2 aromatic rings. The zero-order valence-electron chi connectivity index (χ0n) is 14.6. The van der Waals surface area contributed by atoms with Crippen LogP contribution in [-0.4, -0.2) is 23.4 Å². The third-order valence-electron chi connectivity index (χ3n) is 4.08. The summed E-state index contributed by atoms with van der Waals surface area (Å²) in [5, 5.41) is 3.41. The maximum absolute atomic E-state index is 12.4. The van der Waals surface area contributed by atoms with Gasteiger partial charge in [0, 0.05) is 23.8 Å². The maximum Gasteiger partial charge on any atom is 0.255 e. The molecule has 0 saturated heterocycles. The highest BCUT2D eigenvalue weighted by Gasteiger charge is 2.11. The predicted molar refractivity (Wildman–Crippen MR) is 106 cm³/mol. The lowest BCUT2D eigenvalue weighted by molar-refractivity contribution is 0.102. The van der Waals surface area contributed by atoms with Crippen LogP contribution in [0.1, 0.15) is 36.7 Å². The van der Waals surface area contributed by atoms with Gasteiger partial charge < -0.3 is 11.1 Å². The average Bonchev–Trinajstić information content (AvgIpc) is 2.57. The van der Waals surface area contributed by atoms with E-state index in [0.717, 1.165) is 13.1 Å². The fraction of sp³-hybridized carbons (Fsp3) is 0.316. The summed E-state index contributed by atoms with van der Waals surface area (Å²) in [6.45, 7) is 8.34. The number of halogens is 2. The normalized spacial score (nSPS) is 11.2. The van der Waals surface area contributed by atoms with E-state index >= 15 is 0 Å². The van der Waals surface area contributed by atoms with Crippen molar-refractivity contribution in [3.63, 3.8) is 0 Å². The van der Waals surface area contributed by atoms with Crippen molar-refractivity contribution in [3.05, 3.63) is 57.6 Å². The predicted octanol–water partition coefficient (Wildman–Crippen LogP) is 5.06. The van der Waals surface area contributed by atoms with Crippen molar-refractivity contribution in [3.8, 4) is 0 Å². The van der Waals surface area contributed by atoms with E-state index in [9.17, 15) is 4.79 Å². The zero-order chi connectivity index (χ0) is 18.6. The Hall–Kier alpha value is -1.75. The van der Waals surface area contributed by atoms with Crippen LogP contribution < -0.4 is 11.1 Å². The van der Waals surface area contributed by atoms with Crippen molar-refractivity contribution in [1.82, 2.24) is 4.90 Å². The second kappa shape index (κ2) is 8.56. The zero-order valence-corrected chi connectivity index (χ0v) is 16.2. The lowest BCUT2D eigenvalue weighted by Gasteiger charge is -2.24. The maximum atomic E-state index is 12.4. The molecule has 4 nitrogen and oxygen atoms in total.